The number of rotatable bonds is 5. The van der Waals surface area contributed by atoms with Crippen LogP contribution in [0.25, 0.3) is 0 Å². The molecule has 3 nitrogen and oxygen atoms in total. The van der Waals surface area contributed by atoms with Gasteiger partial charge in [-0.2, -0.15) is 0 Å². The van der Waals surface area contributed by atoms with Crippen LogP contribution in [0.4, 0.5) is 10.1 Å². The van der Waals surface area contributed by atoms with Crippen LogP contribution in [-0.2, 0) is 6.42 Å². The van der Waals surface area contributed by atoms with E-state index in [0.29, 0.717) is 0 Å². The fraction of sp³-hybridized carbons (Fsp3) is 0.368. The van der Waals surface area contributed by atoms with Gasteiger partial charge in [0.25, 0.3) is 0 Å². The van der Waals surface area contributed by atoms with E-state index in [1.54, 1.807) is 0 Å². The molecule has 1 saturated heterocycles. The molecule has 0 spiro atoms. The molecule has 2 N–H and O–H groups in total. The third kappa shape index (κ3) is 4.53. The lowest BCUT2D eigenvalue weighted by atomic mass is 10.1. The van der Waals surface area contributed by atoms with Gasteiger partial charge in [-0.1, -0.05) is 30.3 Å². The molecule has 0 aliphatic carbocycles. The predicted octanol–water partition coefficient (Wildman–Crippen LogP) is 2.52. The Kier molecular flexibility index (Phi) is 5.26. The number of nitrogens with two attached hydrogens (primary N) is 1. The fourth-order valence-electron chi connectivity index (χ4n) is 3.15. The zero-order chi connectivity index (χ0) is 16.1. The lowest BCUT2D eigenvalue weighted by Gasteiger charge is -2.37. The summed E-state index contributed by atoms with van der Waals surface area (Å²) in [7, 11) is 0. The largest absolute Gasteiger partial charge is 0.369 e. The maximum absolute atomic E-state index is 13.0. The molecule has 0 bridgehead atoms. The Labute approximate surface area is 137 Å². The number of anilines is 1. The van der Waals surface area contributed by atoms with Crippen LogP contribution in [0.15, 0.2) is 54.6 Å². The van der Waals surface area contributed by atoms with Gasteiger partial charge in [-0.15, -0.1) is 0 Å². The van der Waals surface area contributed by atoms with Crippen molar-refractivity contribution in [2.24, 2.45) is 5.73 Å². The van der Waals surface area contributed by atoms with Crippen molar-refractivity contribution in [3.8, 4) is 0 Å². The highest BCUT2D eigenvalue weighted by Gasteiger charge is 2.19. The van der Waals surface area contributed by atoms with E-state index in [1.165, 1.54) is 17.7 Å². The minimum Gasteiger partial charge on any atom is -0.369 e. The van der Waals surface area contributed by atoms with Crippen LogP contribution in [-0.4, -0.2) is 43.7 Å². The first-order chi connectivity index (χ1) is 11.2. The second-order valence-corrected chi connectivity index (χ2v) is 6.21. The van der Waals surface area contributed by atoms with E-state index in [0.717, 1.165) is 44.8 Å². The lowest BCUT2D eigenvalue weighted by molar-refractivity contribution is 0.242. The average Bonchev–Trinajstić information content (AvgIpc) is 2.57. The fourth-order valence-corrected chi connectivity index (χ4v) is 3.15. The third-order valence-electron chi connectivity index (χ3n) is 4.40. The molecule has 4 heteroatoms. The Morgan fingerprint density at radius 2 is 1.57 bits per heavy atom. The van der Waals surface area contributed by atoms with Gasteiger partial charge in [0.1, 0.15) is 5.82 Å². The number of hydrogen-bond donors (Lipinski definition) is 1. The lowest BCUT2D eigenvalue weighted by Crippen LogP contribution is -2.50. The molecule has 0 radical (unpaired) electrons. The van der Waals surface area contributed by atoms with Crippen molar-refractivity contribution in [2.75, 3.05) is 37.6 Å². The van der Waals surface area contributed by atoms with Gasteiger partial charge >= 0.3 is 0 Å². The van der Waals surface area contributed by atoms with Crippen molar-refractivity contribution in [1.29, 1.82) is 0 Å². The Morgan fingerprint density at radius 1 is 0.913 bits per heavy atom. The molecule has 0 amide bonds. The Morgan fingerprint density at radius 3 is 2.22 bits per heavy atom. The minimum atomic E-state index is -0.181. The number of benzene rings is 2. The molecule has 0 unspecified atom stereocenters. The molecule has 122 valence electrons. The normalized spacial score (nSPS) is 17.2. The minimum absolute atomic E-state index is 0.162. The van der Waals surface area contributed by atoms with E-state index in [9.17, 15) is 4.39 Å². The number of halogens is 1. The summed E-state index contributed by atoms with van der Waals surface area (Å²) in [5.41, 5.74) is 8.70. The molecule has 3 rings (SSSR count). The molecule has 1 atom stereocenters. The SMILES string of the molecule is N[C@@H](Cc1ccccc1)CN1CCN(c2ccc(F)cc2)CC1. The topological polar surface area (TPSA) is 32.5 Å². The number of piperazine rings is 1. The molecule has 0 saturated carbocycles. The van der Waals surface area contributed by atoms with Crippen LogP contribution < -0.4 is 10.6 Å². The summed E-state index contributed by atoms with van der Waals surface area (Å²) in [6, 6.07) is 17.3. The molecule has 2 aromatic carbocycles. The van der Waals surface area contributed by atoms with Gasteiger partial charge in [0, 0.05) is 44.5 Å². The average molecular weight is 313 g/mol. The van der Waals surface area contributed by atoms with Crippen LogP contribution >= 0.6 is 0 Å². The number of nitrogens with zero attached hydrogens (tertiary/aromatic N) is 2. The van der Waals surface area contributed by atoms with E-state index in [2.05, 4.69) is 34.1 Å². The summed E-state index contributed by atoms with van der Waals surface area (Å²) in [6.07, 6.45) is 0.916. The second kappa shape index (κ2) is 7.57. The summed E-state index contributed by atoms with van der Waals surface area (Å²) in [4.78, 5) is 4.73. The predicted molar refractivity (Wildman–Crippen MR) is 93.2 cm³/mol. The second-order valence-electron chi connectivity index (χ2n) is 6.21. The van der Waals surface area contributed by atoms with Crippen LogP contribution in [0.3, 0.4) is 0 Å². The van der Waals surface area contributed by atoms with Crippen molar-refractivity contribution < 1.29 is 4.39 Å². The summed E-state index contributed by atoms with van der Waals surface area (Å²) >= 11 is 0. The Balaban J connectivity index is 1.46. The van der Waals surface area contributed by atoms with E-state index < -0.39 is 0 Å². The molecule has 0 aromatic heterocycles. The highest BCUT2D eigenvalue weighted by atomic mass is 19.1. The summed E-state index contributed by atoms with van der Waals surface area (Å²) in [6.45, 7) is 4.85. The zero-order valence-corrected chi connectivity index (χ0v) is 13.4. The molecular weight excluding hydrogens is 289 g/mol. The van der Waals surface area contributed by atoms with E-state index >= 15 is 0 Å². The van der Waals surface area contributed by atoms with Crippen molar-refractivity contribution >= 4 is 5.69 Å². The van der Waals surface area contributed by atoms with E-state index in [4.69, 9.17) is 5.73 Å². The highest BCUT2D eigenvalue weighted by Crippen LogP contribution is 2.17. The number of hydrogen-bond acceptors (Lipinski definition) is 3. The van der Waals surface area contributed by atoms with Crippen LogP contribution in [0.5, 0.6) is 0 Å². The van der Waals surface area contributed by atoms with Gasteiger partial charge in [-0.05, 0) is 36.2 Å². The first-order valence-corrected chi connectivity index (χ1v) is 8.23. The molecule has 1 aliphatic heterocycles. The smallest absolute Gasteiger partial charge is 0.123 e. The van der Waals surface area contributed by atoms with Gasteiger partial charge in [0.05, 0.1) is 0 Å². The van der Waals surface area contributed by atoms with Crippen molar-refractivity contribution in [1.82, 2.24) is 4.90 Å². The van der Waals surface area contributed by atoms with Crippen molar-refractivity contribution in [3.63, 3.8) is 0 Å². The van der Waals surface area contributed by atoms with Crippen molar-refractivity contribution in [3.05, 3.63) is 66.0 Å². The zero-order valence-electron chi connectivity index (χ0n) is 13.4. The molecule has 1 aliphatic rings. The third-order valence-corrected chi connectivity index (χ3v) is 4.40. The van der Waals surface area contributed by atoms with Gasteiger partial charge in [-0.3, -0.25) is 4.90 Å². The standard InChI is InChI=1S/C19H24FN3/c20-17-6-8-19(9-7-17)23-12-10-22(11-13-23)15-18(21)14-16-4-2-1-3-5-16/h1-9,18H,10-15,21H2/t18-/m0/s1. The van der Waals surface area contributed by atoms with Gasteiger partial charge in [0.2, 0.25) is 0 Å². The van der Waals surface area contributed by atoms with Gasteiger partial charge in [-0.25, -0.2) is 4.39 Å². The highest BCUT2D eigenvalue weighted by molar-refractivity contribution is 5.46. The molecule has 23 heavy (non-hydrogen) atoms. The van der Waals surface area contributed by atoms with Crippen molar-refractivity contribution in [2.45, 2.75) is 12.5 Å². The van der Waals surface area contributed by atoms with Crippen LogP contribution in [0, 0.1) is 5.82 Å². The molecule has 1 heterocycles. The van der Waals surface area contributed by atoms with Gasteiger partial charge in [0.15, 0.2) is 0 Å². The quantitative estimate of drug-likeness (QED) is 0.920. The first-order valence-electron chi connectivity index (χ1n) is 8.23. The van der Waals surface area contributed by atoms with Crippen LogP contribution in [0.1, 0.15) is 5.56 Å². The summed E-state index contributed by atoms with van der Waals surface area (Å²) < 4.78 is 13.0. The Bertz CT molecular complexity index is 592. The summed E-state index contributed by atoms with van der Waals surface area (Å²) in [5, 5.41) is 0. The maximum Gasteiger partial charge on any atom is 0.123 e. The Hall–Kier alpha value is -1.91. The van der Waals surface area contributed by atoms with Crippen LogP contribution in [0.2, 0.25) is 0 Å². The van der Waals surface area contributed by atoms with Gasteiger partial charge < -0.3 is 10.6 Å². The van der Waals surface area contributed by atoms with E-state index in [1.807, 2.05) is 18.2 Å². The van der Waals surface area contributed by atoms with E-state index in [-0.39, 0.29) is 11.9 Å². The first kappa shape index (κ1) is 16.0. The molecular formula is C19H24FN3. The molecule has 2 aromatic rings. The monoisotopic (exact) mass is 313 g/mol. The maximum atomic E-state index is 13.0. The molecule has 1 fully saturated rings. The summed E-state index contributed by atoms with van der Waals surface area (Å²) in [5.74, 6) is -0.181.